The number of rotatable bonds is 6. The van der Waals surface area contributed by atoms with E-state index in [1.54, 1.807) is 0 Å². The van der Waals surface area contributed by atoms with Crippen molar-refractivity contribution < 1.29 is 24.5 Å². The maximum Gasteiger partial charge on any atom is 0.196 e. The molecule has 1 aromatic carbocycles. The molecule has 1 aromatic rings. The number of ketones is 2. The maximum absolute atomic E-state index is 12.1. The molecule has 0 fully saturated rings. The molecule has 1 atom stereocenters. The predicted octanol–water partition coefficient (Wildman–Crippen LogP) is 2.48. The molecule has 0 heterocycles. The quantitative estimate of drug-likeness (QED) is 0.787. The van der Waals surface area contributed by atoms with Crippen LogP contribution in [0.4, 0.5) is 0 Å². The van der Waals surface area contributed by atoms with Crippen molar-refractivity contribution in [2.45, 2.75) is 45.1 Å². The molecule has 1 unspecified atom stereocenters. The topological polar surface area (TPSA) is 83.8 Å². The number of carbonyl (C=O) groups excluding carboxylic acids is 2. The average Bonchev–Trinajstić information content (AvgIpc) is 2.44. The van der Waals surface area contributed by atoms with E-state index in [4.69, 9.17) is 4.74 Å². The van der Waals surface area contributed by atoms with Crippen LogP contribution in [-0.2, 0) is 0 Å². The summed E-state index contributed by atoms with van der Waals surface area (Å²) in [5.41, 5.74) is 0.223. The van der Waals surface area contributed by atoms with Crippen LogP contribution in [0, 0.1) is 0 Å². The second-order valence-electron chi connectivity index (χ2n) is 5.28. The highest BCUT2D eigenvalue weighted by atomic mass is 16.5. The Morgan fingerprint density at radius 2 is 2.00 bits per heavy atom. The zero-order valence-electron chi connectivity index (χ0n) is 12.1. The molecule has 0 saturated heterocycles. The number of hydrogen-bond acceptors (Lipinski definition) is 5. The fraction of sp³-hybridized carbons (Fsp3) is 0.500. The molecule has 5 nitrogen and oxygen atoms in total. The molecule has 1 aliphatic carbocycles. The van der Waals surface area contributed by atoms with E-state index in [-0.39, 0.29) is 34.8 Å². The molecule has 0 aromatic heterocycles. The van der Waals surface area contributed by atoms with E-state index in [1.165, 1.54) is 12.1 Å². The van der Waals surface area contributed by atoms with Crippen LogP contribution >= 0.6 is 0 Å². The van der Waals surface area contributed by atoms with Gasteiger partial charge in [-0.1, -0.05) is 26.2 Å². The summed E-state index contributed by atoms with van der Waals surface area (Å²) >= 11 is 0. The van der Waals surface area contributed by atoms with Gasteiger partial charge in [-0.05, 0) is 12.5 Å². The van der Waals surface area contributed by atoms with E-state index in [1.807, 2.05) is 0 Å². The molecular weight excluding hydrogens is 272 g/mol. The first-order valence-electron chi connectivity index (χ1n) is 7.30. The SMILES string of the molecule is CCCCCCOc1cc(O)cc2c1C(=O)C(O)CC2=O. The van der Waals surface area contributed by atoms with Gasteiger partial charge in [0.25, 0.3) is 0 Å². The molecule has 114 valence electrons. The van der Waals surface area contributed by atoms with Crippen LogP contribution in [0.15, 0.2) is 12.1 Å². The van der Waals surface area contributed by atoms with E-state index in [0.717, 1.165) is 25.7 Å². The number of phenolic OH excluding ortho intramolecular Hbond substituents is 1. The van der Waals surface area contributed by atoms with Crippen molar-refractivity contribution in [3.05, 3.63) is 23.3 Å². The molecule has 0 aliphatic heterocycles. The van der Waals surface area contributed by atoms with Gasteiger partial charge in [0.05, 0.1) is 12.2 Å². The summed E-state index contributed by atoms with van der Waals surface area (Å²) in [4.78, 5) is 23.9. The molecule has 0 radical (unpaired) electrons. The van der Waals surface area contributed by atoms with Gasteiger partial charge >= 0.3 is 0 Å². The predicted molar refractivity (Wildman–Crippen MR) is 77.0 cm³/mol. The third-order valence-electron chi connectivity index (χ3n) is 3.57. The van der Waals surface area contributed by atoms with E-state index < -0.39 is 11.9 Å². The fourth-order valence-electron chi connectivity index (χ4n) is 2.44. The second-order valence-corrected chi connectivity index (χ2v) is 5.28. The minimum absolute atomic E-state index is 0.0899. The summed E-state index contributed by atoms with van der Waals surface area (Å²) in [7, 11) is 0. The Labute approximate surface area is 123 Å². The summed E-state index contributed by atoms with van der Waals surface area (Å²) in [6.45, 7) is 2.52. The van der Waals surface area contributed by atoms with Crippen molar-refractivity contribution in [1.29, 1.82) is 0 Å². The lowest BCUT2D eigenvalue weighted by molar-refractivity contribution is 0.0648. The first-order valence-corrected chi connectivity index (χ1v) is 7.30. The Bertz CT molecular complexity index is 550. The number of Topliss-reactive ketones (excluding diaryl/α,β-unsaturated/α-hetero) is 2. The smallest absolute Gasteiger partial charge is 0.196 e. The lowest BCUT2D eigenvalue weighted by Gasteiger charge is -2.21. The van der Waals surface area contributed by atoms with Gasteiger partial charge in [0.15, 0.2) is 11.6 Å². The third kappa shape index (κ3) is 3.42. The highest BCUT2D eigenvalue weighted by molar-refractivity contribution is 6.17. The summed E-state index contributed by atoms with van der Waals surface area (Å²) < 4.78 is 5.55. The van der Waals surface area contributed by atoms with E-state index in [0.29, 0.717) is 6.61 Å². The summed E-state index contributed by atoms with van der Waals surface area (Å²) in [5, 5.41) is 19.3. The van der Waals surface area contributed by atoms with E-state index in [2.05, 4.69) is 6.92 Å². The van der Waals surface area contributed by atoms with Crippen molar-refractivity contribution >= 4 is 11.6 Å². The molecule has 2 N–H and O–H groups in total. The Morgan fingerprint density at radius 1 is 1.24 bits per heavy atom. The number of aliphatic hydroxyl groups is 1. The Kier molecular flexibility index (Phi) is 4.96. The highest BCUT2D eigenvalue weighted by Crippen LogP contribution is 2.34. The minimum Gasteiger partial charge on any atom is -0.508 e. The van der Waals surface area contributed by atoms with Gasteiger partial charge in [0.2, 0.25) is 0 Å². The monoisotopic (exact) mass is 292 g/mol. The summed E-state index contributed by atoms with van der Waals surface area (Å²) in [6, 6.07) is 2.58. The molecule has 0 spiro atoms. The largest absolute Gasteiger partial charge is 0.508 e. The number of aliphatic hydroxyl groups excluding tert-OH is 1. The number of benzene rings is 1. The van der Waals surface area contributed by atoms with Crippen LogP contribution in [0.1, 0.15) is 59.7 Å². The van der Waals surface area contributed by atoms with Crippen molar-refractivity contribution in [1.82, 2.24) is 0 Å². The first kappa shape index (κ1) is 15.5. The van der Waals surface area contributed by atoms with Crippen LogP contribution in [0.25, 0.3) is 0 Å². The fourth-order valence-corrected chi connectivity index (χ4v) is 2.44. The number of phenols is 1. The number of carbonyl (C=O) groups is 2. The lowest BCUT2D eigenvalue weighted by Crippen LogP contribution is -2.31. The van der Waals surface area contributed by atoms with Gasteiger partial charge in [-0.25, -0.2) is 0 Å². The van der Waals surface area contributed by atoms with Gasteiger partial charge in [-0.2, -0.15) is 0 Å². The second kappa shape index (κ2) is 6.72. The van der Waals surface area contributed by atoms with Crippen molar-refractivity contribution in [2.24, 2.45) is 0 Å². The number of aromatic hydroxyl groups is 1. The van der Waals surface area contributed by atoms with E-state index >= 15 is 0 Å². The van der Waals surface area contributed by atoms with Crippen LogP contribution in [0.2, 0.25) is 0 Å². The van der Waals surface area contributed by atoms with E-state index in [9.17, 15) is 19.8 Å². The highest BCUT2D eigenvalue weighted by Gasteiger charge is 2.34. The van der Waals surface area contributed by atoms with Gasteiger partial charge in [-0.15, -0.1) is 0 Å². The number of ether oxygens (including phenoxy) is 1. The van der Waals surface area contributed by atoms with Crippen LogP contribution in [-0.4, -0.2) is 34.5 Å². The minimum atomic E-state index is -1.32. The Morgan fingerprint density at radius 3 is 2.71 bits per heavy atom. The van der Waals surface area contributed by atoms with Crippen molar-refractivity contribution in [3.8, 4) is 11.5 Å². The third-order valence-corrected chi connectivity index (χ3v) is 3.57. The molecule has 2 rings (SSSR count). The number of fused-ring (bicyclic) bond motifs is 1. The number of unbranched alkanes of at least 4 members (excludes halogenated alkanes) is 3. The standard InChI is InChI=1S/C16H20O5/c1-2-3-4-5-6-21-14-8-10(17)7-11-12(18)9-13(19)16(20)15(11)14/h7-8,13,17,19H,2-6,9H2,1H3. The number of hydrogen-bond donors (Lipinski definition) is 2. The van der Waals surface area contributed by atoms with Gasteiger partial charge < -0.3 is 14.9 Å². The molecule has 0 bridgehead atoms. The Balaban J connectivity index is 2.21. The average molecular weight is 292 g/mol. The first-order chi connectivity index (χ1) is 10.0. The molecular formula is C16H20O5. The maximum atomic E-state index is 12.1. The van der Waals surface area contributed by atoms with Crippen molar-refractivity contribution in [3.63, 3.8) is 0 Å². The van der Waals surface area contributed by atoms with Crippen LogP contribution in [0.3, 0.4) is 0 Å². The summed E-state index contributed by atoms with van der Waals surface area (Å²) in [5.74, 6) is -0.814. The molecule has 5 heteroatoms. The zero-order chi connectivity index (χ0) is 15.4. The van der Waals surface area contributed by atoms with Crippen LogP contribution in [0.5, 0.6) is 11.5 Å². The molecule has 1 aliphatic rings. The molecule has 21 heavy (non-hydrogen) atoms. The van der Waals surface area contributed by atoms with Gasteiger partial charge in [0.1, 0.15) is 17.6 Å². The Hall–Kier alpha value is -1.88. The normalized spacial score (nSPS) is 17.7. The lowest BCUT2D eigenvalue weighted by atomic mass is 9.87. The van der Waals surface area contributed by atoms with Gasteiger partial charge in [0, 0.05) is 18.1 Å². The zero-order valence-corrected chi connectivity index (χ0v) is 12.1. The molecule has 0 saturated carbocycles. The van der Waals surface area contributed by atoms with Crippen molar-refractivity contribution in [2.75, 3.05) is 6.61 Å². The van der Waals surface area contributed by atoms with Gasteiger partial charge in [-0.3, -0.25) is 9.59 Å². The van der Waals surface area contributed by atoms with Crippen LogP contribution < -0.4 is 4.74 Å². The summed E-state index contributed by atoms with van der Waals surface area (Å²) in [6.07, 6.45) is 2.51. The molecule has 0 amide bonds.